The van der Waals surface area contributed by atoms with Crippen LogP contribution in [0.3, 0.4) is 0 Å². The minimum Gasteiger partial charge on any atom is -0.460 e. The Balaban J connectivity index is 1.44. The third-order valence-electron chi connectivity index (χ3n) is 10.6. The third-order valence-corrected chi connectivity index (χ3v) is 10.6. The van der Waals surface area contributed by atoms with Gasteiger partial charge in [-0.05, 0) is 98.5 Å². The van der Waals surface area contributed by atoms with E-state index in [-0.39, 0.29) is 46.9 Å². The number of hydrogen-bond acceptors (Lipinski definition) is 6. The van der Waals surface area contributed by atoms with Crippen molar-refractivity contribution in [1.82, 2.24) is 0 Å². The normalized spacial score (nSPS) is 41.1. The molecule has 40 heavy (non-hydrogen) atoms. The first-order valence-electron chi connectivity index (χ1n) is 14.5. The number of benzene rings is 1. The Hall–Kier alpha value is -2.71. The summed E-state index contributed by atoms with van der Waals surface area (Å²) in [4.78, 5) is 25.5. The smallest absolute Gasteiger partial charge is 0.411 e. The lowest BCUT2D eigenvalue weighted by atomic mass is 9.53. The van der Waals surface area contributed by atoms with Crippen LogP contribution in [0.15, 0.2) is 48.1 Å². The molecule has 1 heterocycles. The molecule has 4 aliphatic rings. The van der Waals surface area contributed by atoms with Crippen LogP contribution >= 0.6 is 0 Å². The summed E-state index contributed by atoms with van der Waals surface area (Å²) in [7, 11) is 0. The number of aliphatic hydroxyl groups excluding tert-OH is 1. The average Bonchev–Trinajstić information content (AvgIpc) is 3.17. The van der Waals surface area contributed by atoms with E-state index in [0.29, 0.717) is 30.5 Å². The first kappa shape index (κ1) is 28.8. The molecule has 3 fully saturated rings. The van der Waals surface area contributed by atoms with Crippen molar-refractivity contribution in [3.63, 3.8) is 0 Å². The van der Waals surface area contributed by atoms with Crippen molar-refractivity contribution in [2.24, 2.45) is 40.9 Å². The van der Waals surface area contributed by atoms with E-state index < -0.39 is 35.8 Å². The van der Waals surface area contributed by atoms with E-state index in [1.807, 2.05) is 0 Å². The van der Waals surface area contributed by atoms with Gasteiger partial charge in [-0.2, -0.15) is 0 Å². The van der Waals surface area contributed by atoms with E-state index in [9.17, 15) is 24.2 Å². The second-order valence-corrected chi connectivity index (χ2v) is 13.2. The number of amides is 1. The molecule has 0 aromatic heterocycles. The minimum atomic E-state index is -1.78. The number of anilines is 1. The zero-order valence-corrected chi connectivity index (χ0v) is 24.0. The Bertz CT molecular complexity index is 1210. The SMILES string of the molecule is C=C1C2CC3C(C(C)C)C(OC(=O)Nc4ccc(F)cc4)CC3(C)CC2C(C)=CCC2C(C)OC(=O)C(O)C12O. The number of esters is 1. The van der Waals surface area contributed by atoms with Crippen LogP contribution in [0, 0.1) is 46.7 Å². The lowest BCUT2D eigenvalue weighted by molar-refractivity contribution is -0.209. The maximum atomic E-state index is 13.3. The van der Waals surface area contributed by atoms with Crippen molar-refractivity contribution in [2.45, 2.75) is 84.2 Å². The molecule has 1 aromatic carbocycles. The van der Waals surface area contributed by atoms with Crippen LogP contribution in [0.5, 0.6) is 0 Å². The molecule has 3 aliphatic carbocycles. The number of halogens is 1. The summed E-state index contributed by atoms with van der Waals surface area (Å²) in [6.45, 7) is 14.8. The predicted molar refractivity (Wildman–Crippen MR) is 149 cm³/mol. The number of aliphatic hydroxyl groups is 2. The van der Waals surface area contributed by atoms with Gasteiger partial charge >= 0.3 is 12.1 Å². The van der Waals surface area contributed by atoms with Crippen molar-refractivity contribution in [2.75, 3.05) is 5.32 Å². The molecule has 10 unspecified atom stereocenters. The van der Waals surface area contributed by atoms with Crippen LogP contribution in [0.4, 0.5) is 14.9 Å². The highest BCUT2D eigenvalue weighted by Crippen LogP contribution is 2.63. The molecule has 7 nitrogen and oxygen atoms in total. The molecule has 8 heteroatoms. The molecule has 0 radical (unpaired) electrons. The summed E-state index contributed by atoms with van der Waals surface area (Å²) < 4.78 is 24.7. The second kappa shape index (κ2) is 10.3. The third kappa shape index (κ3) is 4.67. The summed E-state index contributed by atoms with van der Waals surface area (Å²) in [6, 6.07) is 5.57. The summed E-state index contributed by atoms with van der Waals surface area (Å²) in [5.41, 5.74) is 0.288. The molecule has 5 rings (SSSR count). The highest BCUT2D eigenvalue weighted by molar-refractivity contribution is 5.84. The Labute approximate surface area is 235 Å². The fraction of sp³-hybridized carbons (Fsp3) is 0.625. The second-order valence-electron chi connectivity index (χ2n) is 13.2. The molecule has 3 N–H and O–H groups in total. The van der Waals surface area contributed by atoms with Gasteiger partial charge in [0.1, 0.15) is 23.6 Å². The molecule has 1 amide bonds. The van der Waals surface area contributed by atoms with E-state index in [1.54, 1.807) is 6.92 Å². The topological polar surface area (TPSA) is 105 Å². The average molecular weight is 556 g/mol. The van der Waals surface area contributed by atoms with Crippen molar-refractivity contribution >= 4 is 17.7 Å². The predicted octanol–water partition coefficient (Wildman–Crippen LogP) is 5.63. The molecular weight excluding hydrogens is 513 g/mol. The van der Waals surface area contributed by atoms with Gasteiger partial charge in [0.25, 0.3) is 0 Å². The number of carbonyl (C=O) groups is 2. The first-order valence-corrected chi connectivity index (χ1v) is 14.5. The van der Waals surface area contributed by atoms with E-state index in [2.05, 4.69) is 45.7 Å². The molecule has 1 aliphatic heterocycles. The maximum Gasteiger partial charge on any atom is 0.411 e. The maximum absolute atomic E-state index is 13.3. The molecule has 0 bridgehead atoms. The molecule has 10 atom stereocenters. The van der Waals surface area contributed by atoms with Crippen LogP contribution in [-0.2, 0) is 14.3 Å². The quantitative estimate of drug-likeness (QED) is 0.330. The lowest BCUT2D eigenvalue weighted by Crippen LogP contribution is -2.63. The fourth-order valence-corrected chi connectivity index (χ4v) is 8.54. The zero-order chi connectivity index (χ0) is 29.1. The monoisotopic (exact) mass is 555 g/mol. The van der Waals surface area contributed by atoms with Gasteiger partial charge in [-0.25, -0.2) is 14.0 Å². The number of hydrogen-bond donors (Lipinski definition) is 3. The van der Waals surface area contributed by atoms with Gasteiger partial charge < -0.3 is 19.7 Å². The van der Waals surface area contributed by atoms with Crippen LogP contribution in [0.25, 0.3) is 0 Å². The summed E-state index contributed by atoms with van der Waals surface area (Å²) >= 11 is 0. The van der Waals surface area contributed by atoms with E-state index in [4.69, 9.17) is 9.47 Å². The molecule has 1 aromatic rings. The summed E-state index contributed by atoms with van der Waals surface area (Å²) in [6.07, 6.45) is 1.72. The van der Waals surface area contributed by atoms with Gasteiger partial charge in [-0.1, -0.05) is 39.0 Å². The van der Waals surface area contributed by atoms with Crippen molar-refractivity contribution in [3.05, 3.63) is 53.9 Å². The molecule has 218 valence electrons. The summed E-state index contributed by atoms with van der Waals surface area (Å²) in [5.74, 6) is -1.29. The number of rotatable bonds is 3. The number of nitrogens with one attached hydrogen (secondary N) is 1. The van der Waals surface area contributed by atoms with Gasteiger partial charge in [0.15, 0.2) is 6.10 Å². The standard InChI is InChI=1S/C32H42FNO6/c1-16(2)27-25-13-22-18(4)32(38)24(19(5)39-29(36)28(32)35)12-7-17(3)23(22)14-31(25,6)15-26(27)40-30(37)34-21-10-8-20(33)9-11-21/h7-11,16,19,22-28,35,38H,4,12-15H2,1-3,5-6H3,(H,34,37). The van der Waals surface area contributed by atoms with Crippen LogP contribution in [0.1, 0.15) is 60.3 Å². The number of ether oxygens (including phenoxy) is 2. The van der Waals surface area contributed by atoms with Crippen molar-refractivity contribution < 1.29 is 33.7 Å². The van der Waals surface area contributed by atoms with Crippen molar-refractivity contribution in [1.29, 1.82) is 0 Å². The number of allylic oxidation sites excluding steroid dienone is 2. The van der Waals surface area contributed by atoms with Crippen LogP contribution in [-0.4, -0.2) is 46.2 Å². The minimum absolute atomic E-state index is 0.0676. The van der Waals surface area contributed by atoms with Gasteiger partial charge in [-0.3, -0.25) is 5.32 Å². The van der Waals surface area contributed by atoms with Gasteiger partial charge in [0, 0.05) is 17.5 Å². The van der Waals surface area contributed by atoms with Gasteiger partial charge in [-0.15, -0.1) is 0 Å². The zero-order valence-electron chi connectivity index (χ0n) is 24.0. The van der Waals surface area contributed by atoms with Gasteiger partial charge in [0.2, 0.25) is 0 Å². The largest absolute Gasteiger partial charge is 0.460 e. The highest BCUT2D eigenvalue weighted by Gasteiger charge is 2.62. The molecular formula is C32H42FNO6. The summed E-state index contributed by atoms with van der Waals surface area (Å²) in [5, 5.41) is 25.7. The Kier molecular flexibility index (Phi) is 7.41. The molecule has 1 saturated heterocycles. The van der Waals surface area contributed by atoms with E-state index in [0.717, 1.165) is 6.42 Å². The van der Waals surface area contributed by atoms with E-state index in [1.165, 1.54) is 29.8 Å². The fourth-order valence-electron chi connectivity index (χ4n) is 8.54. The Morgan fingerprint density at radius 1 is 1.20 bits per heavy atom. The Morgan fingerprint density at radius 3 is 2.52 bits per heavy atom. The lowest BCUT2D eigenvalue weighted by Gasteiger charge is -2.54. The number of fused-ring (bicyclic) bond motifs is 3. The molecule has 0 spiro atoms. The molecule has 2 saturated carbocycles. The number of cyclic esters (lactones) is 1. The van der Waals surface area contributed by atoms with Crippen molar-refractivity contribution in [3.8, 4) is 0 Å². The van der Waals surface area contributed by atoms with Crippen LogP contribution in [0.2, 0.25) is 0 Å². The highest BCUT2D eigenvalue weighted by atomic mass is 19.1. The van der Waals surface area contributed by atoms with Gasteiger partial charge in [0.05, 0.1) is 0 Å². The van der Waals surface area contributed by atoms with E-state index >= 15 is 0 Å². The Morgan fingerprint density at radius 2 is 1.88 bits per heavy atom. The first-order chi connectivity index (χ1) is 18.8. The number of carbonyl (C=O) groups excluding carboxylic acids is 2. The van der Waals surface area contributed by atoms with Crippen LogP contribution < -0.4 is 5.32 Å².